The Labute approximate surface area is 231 Å². The Morgan fingerprint density at radius 2 is 0.615 bits per heavy atom. The average molecular weight is 500 g/mol. The summed E-state index contributed by atoms with van der Waals surface area (Å²) in [6.07, 6.45) is 4.30. The maximum Gasteiger partial charge on any atom is 0.0462 e. The fourth-order valence-electron chi connectivity index (χ4n) is 4.80. The molecule has 0 atom stereocenters. The Morgan fingerprint density at radius 1 is 0.282 bits per heavy atom. The highest BCUT2D eigenvalue weighted by atomic mass is 15.1. The third-order valence-corrected chi connectivity index (χ3v) is 6.88. The van der Waals surface area contributed by atoms with Gasteiger partial charge in [0.05, 0.1) is 0 Å². The van der Waals surface area contributed by atoms with Crippen LogP contribution in [0.1, 0.15) is 11.1 Å². The van der Waals surface area contributed by atoms with Gasteiger partial charge in [0.1, 0.15) is 0 Å². The molecule has 0 aromatic heterocycles. The Bertz CT molecular complexity index is 1630. The molecule has 0 radical (unpaired) electrons. The minimum Gasteiger partial charge on any atom is -0.311 e. The standard InChI is InChI=1S/C38H29N/c1-4-10-30(11-5-1)16-17-31-18-26-37(27-19-31)39(36-14-8-3-9-15-36)38-28-24-35(25-29-38)34-22-20-33(21-23-34)32-12-6-2-7-13-32/h1-29H. The maximum absolute atomic E-state index is 2.30. The first-order valence-corrected chi connectivity index (χ1v) is 13.3. The summed E-state index contributed by atoms with van der Waals surface area (Å²) in [7, 11) is 0. The lowest BCUT2D eigenvalue weighted by Gasteiger charge is -2.25. The Kier molecular flexibility index (Phi) is 7.14. The van der Waals surface area contributed by atoms with Gasteiger partial charge in [-0.05, 0) is 69.8 Å². The average Bonchev–Trinajstić information content (AvgIpc) is 3.03. The molecular weight excluding hydrogens is 470 g/mol. The summed E-state index contributed by atoms with van der Waals surface area (Å²) in [5.41, 5.74) is 10.6. The molecule has 0 saturated heterocycles. The van der Waals surface area contributed by atoms with Crippen molar-refractivity contribution in [2.24, 2.45) is 0 Å². The first kappa shape index (κ1) is 24.2. The van der Waals surface area contributed by atoms with Crippen LogP contribution < -0.4 is 4.90 Å². The summed E-state index contributed by atoms with van der Waals surface area (Å²) < 4.78 is 0. The lowest BCUT2D eigenvalue weighted by molar-refractivity contribution is 1.28. The number of para-hydroxylation sites is 1. The highest BCUT2D eigenvalue weighted by Crippen LogP contribution is 2.36. The fourth-order valence-corrected chi connectivity index (χ4v) is 4.80. The third-order valence-electron chi connectivity index (χ3n) is 6.88. The minimum absolute atomic E-state index is 1.12. The topological polar surface area (TPSA) is 3.24 Å². The summed E-state index contributed by atoms with van der Waals surface area (Å²) in [5.74, 6) is 0. The second-order valence-electron chi connectivity index (χ2n) is 9.50. The van der Waals surface area contributed by atoms with Crippen molar-refractivity contribution >= 4 is 29.2 Å². The molecule has 186 valence electrons. The number of anilines is 3. The Balaban J connectivity index is 1.26. The molecule has 0 aliphatic heterocycles. The van der Waals surface area contributed by atoms with Crippen molar-refractivity contribution in [1.29, 1.82) is 0 Å². The van der Waals surface area contributed by atoms with Gasteiger partial charge >= 0.3 is 0 Å². The predicted molar refractivity (Wildman–Crippen MR) is 167 cm³/mol. The Hall–Kier alpha value is -5.14. The molecule has 0 amide bonds. The van der Waals surface area contributed by atoms with E-state index in [4.69, 9.17) is 0 Å². The number of hydrogen-bond acceptors (Lipinski definition) is 1. The highest BCUT2D eigenvalue weighted by Gasteiger charge is 2.12. The van der Waals surface area contributed by atoms with Crippen molar-refractivity contribution in [2.75, 3.05) is 4.90 Å². The van der Waals surface area contributed by atoms with Gasteiger partial charge in [0.15, 0.2) is 0 Å². The maximum atomic E-state index is 2.30. The molecule has 0 heterocycles. The van der Waals surface area contributed by atoms with Gasteiger partial charge in [0, 0.05) is 17.1 Å². The molecule has 0 spiro atoms. The van der Waals surface area contributed by atoms with Gasteiger partial charge in [-0.2, -0.15) is 0 Å². The molecule has 0 saturated carbocycles. The molecule has 39 heavy (non-hydrogen) atoms. The normalized spacial score (nSPS) is 11.0. The molecule has 0 aliphatic rings. The molecule has 6 rings (SSSR count). The molecule has 0 unspecified atom stereocenters. The van der Waals surface area contributed by atoms with E-state index in [-0.39, 0.29) is 0 Å². The Morgan fingerprint density at radius 3 is 1.13 bits per heavy atom. The van der Waals surface area contributed by atoms with Gasteiger partial charge in [0.25, 0.3) is 0 Å². The van der Waals surface area contributed by atoms with E-state index >= 15 is 0 Å². The first-order chi connectivity index (χ1) is 19.3. The highest BCUT2D eigenvalue weighted by molar-refractivity contribution is 5.80. The van der Waals surface area contributed by atoms with Gasteiger partial charge in [0.2, 0.25) is 0 Å². The van der Waals surface area contributed by atoms with Gasteiger partial charge < -0.3 is 4.90 Å². The van der Waals surface area contributed by atoms with Crippen LogP contribution in [0.2, 0.25) is 0 Å². The summed E-state index contributed by atoms with van der Waals surface area (Å²) in [6.45, 7) is 0. The first-order valence-electron chi connectivity index (χ1n) is 13.3. The van der Waals surface area contributed by atoms with Gasteiger partial charge in [-0.1, -0.05) is 140 Å². The molecule has 0 N–H and O–H groups in total. The number of rotatable bonds is 7. The predicted octanol–water partition coefficient (Wildman–Crippen LogP) is 10.7. The molecule has 1 nitrogen and oxygen atoms in total. The molecular formula is C38H29N. The second-order valence-corrected chi connectivity index (χ2v) is 9.50. The van der Waals surface area contributed by atoms with Crippen LogP contribution in [-0.2, 0) is 0 Å². The van der Waals surface area contributed by atoms with E-state index in [1.165, 1.54) is 33.4 Å². The van der Waals surface area contributed by atoms with Gasteiger partial charge in [-0.3, -0.25) is 0 Å². The van der Waals surface area contributed by atoms with Crippen molar-refractivity contribution in [3.8, 4) is 22.3 Å². The third kappa shape index (κ3) is 5.74. The SMILES string of the molecule is C(=Cc1ccc(N(c2ccccc2)c2ccc(-c3ccc(-c4ccccc4)cc3)cc2)cc1)c1ccccc1. The lowest BCUT2D eigenvalue weighted by atomic mass is 10.00. The van der Waals surface area contributed by atoms with E-state index in [0.29, 0.717) is 0 Å². The van der Waals surface area contributed by atoms with Crippen molar-refractivity contribution < 1.29 is 0 Å². The van der Waals surface area contributed by atoms with E-state index in [0.717, 1.165) is 17.1 Å². The zero-order valence-corrected chi connectivity index (χ0v) is 21.7. The van der Waals surface area contributed by atoms with E-state index in [1.807, 2.05) is 6.07 Å². The van der Waals surface area contributed by atoms with Crippen LogP contribution >= 0.6 is 0 Å². The van der Waals surface area contributed by atoms with Gasteiger partial charge in [-0.15, -0.1) is 0 Å². The number of benzene rings is 6. The smallest absolute Gasteiger partial charge is 0.0462 e. The van der Waals surface area contributed by atoms with E-state index < -0.39 is 0 Å². The van der Waals surface area contributed by atoms with Crippen LogP contribution in [0.15, 0.2) is 164 Å². The lowest BCUT2D eigenvalue weighted by Crippen LogP contribution is -2.09. The number of hydrogen-bond donors (Lipinski definition) is 0. The fraction of sp³-hybridized carbons (Fsp3) is 0. The summed E-state index contributed by atoms with van der Waals surface area (Å²) in [6, 6.07) is 57.8. The van der Waals surface area contributed by atoms with Gasteiger partial charge in [-0.25, -0.2) is 0 Å². The van der Waals surface area contributed by atoms with E-state index in [2.05, 4.69) is 175 Å². The second kappa shape index (κ2) is 11.5. The molecule has 6 aromatic rings. The largest absolute Gasteiger partial charge is 0.311 e. The van der Waals surface area contributed by atoms with E-state index in [1.54, 1.807) is 0 Å². The summed E-state index contributed by atoms with van der Waals surface area (Å²) in [5, 5.41) is 0. The van der Waals surface area contributed by atoms with Crippen LogP contribution in [0, 0.1) is 0 Å². The minimum atomic E-state index is 1.12. The zero-order valence-electron chi connectivity index (χ0n) is 21.7. The quantitative estimate of drug-likeness (QED) is 0.197. The zero-order chi connectivity index (χ0) is 26.3. The van der Waals surface area contributed by atoms with Crippen molar-refractivity contribution in [1.82, 2.24) is 0 Å². The monoisotopic (exact) mass is 499 g/mol. The molecule has 1 heteroatoms. The summed E-state index contributed by atoms with van der Waals surface area (Å²) in [4.78, 5) is 2.30. The van der Waals surface area contributed by atoms with Crippen LogP contribution in [-0.4, -0.2) is 0 Å². The van der Waals surface area contributed by atoms with Crippen molar-refractivity contribution in [2.45, 2.75) is 0 Å². The molecule has 0 bridgehead atoms. The van der Waals surface area contributed by atoms with Crippen LogP contribution in [0.25, 0.3) is 34.4 Å². The molecule has 6 aromatic carbocycles. The molecule has 0 aliphatic carbocycles. The number of nitrogens with zero attached hydrogens (tertiary/aromatic N) is 1. The van der Waals surface area contributed by atoms with Crippen molar-refractivity contribution in [3.05, 3.63) is 175 Å². The van der Waals surface area contributed by atoms with E-state index in [9.17, 15) is 0 Å². The van der Waals surface area contributed by atoms with Crippen LogP contribution in [0.4, 0.5) is 17.1 Å². The molecule has 0 fully saturated rings. The summed E-state index contributed by atoms with van der Waals surface area (Å²) >= 11 is 0. The van der Waals surface area contributed by atoms with Crippen LogP contribution in [0.5, 0.6) is 0 Å². The van der Waals surface area contributed by atoms with Crippen LogP contribution in [0.3, 0.4) is 0 Å². The van der Waals surface area contributed by atoms with Crippen molar-refractivity contribution in [3.63, 3.8) is 0 Å².